The molecule has 0 saturated heterocycles. The molecule has 4 nitrogen and oxygen atoms in total. The van der Waals surface area contributed by atoms with Crippen LogP contribution in [0.15, 0.2) is 36.5 Å². The molecule has 0 aromatic heterocycles. The highest BCUT2D eigenvalue weighted by atomic mass is 16.6. The van der Waals surface area contributed by atoms with Crippen LogP contribution in [0.3, 0.4) is 0 Å². The molecule has 0 saturated carbocycles. The van der Waals surface area contributed by atoms with Crippen molar-refractivity contribution in [3.63, 3.8) is 0 Å². The van der Waals surface area contributed by atoms with E-state index in [2.05, 4.69) is 43.4 Å². The number of carbonyl (C=O) groups excluding carboxylic acids is 2. The predicted octanol–water partition coefficient (Wildman–Crippen LogP) is 6.20. The molecule has 1 unspecified atom stereocenters. The Morgan fingerprint density at radius 1 is 0.793 bits per heavy atom. The lowest BCUT2D eigenvalue weighted by Gasteiger charge is -2.27. The number of ether oxygens (including phenoxy) is 1. The fraction of sp³-hybridized carbons (Fsp3) is 0.680. The lowest BCUT2D eigenvalue weighted by atomic mass is 9.93. The van der Waals surface area contributed by atoms with E-state index in [1.807, 2.05) is 0 Å². The van der Waals surface area contributed by atoms with Crippen molar-refractivity contribution in [1.29, 1.82) is 0 Å². The van der Waals surface area contributed by atoms with Crippen LogP contribution < -0.4 is 5.73 Å². The van der Waals surface area contributed by atoms with Crippen LogP contribution in [0.4, 0.5) is 0 Å². The van der Waals surface area contributed by atoms with E-state index in [-0.39, 0.29) is 5.78 Å². The van der Waals surface area contributed by atoms with Crippen molar-refractivity contribution < 1.29 is 14.3 Å². The van der Waals surface area contributed by atoms with Gasteiger partial charge in [0.15, 0.2) is 11.3 Å². The molecule has 4 heteroatoms. The molecular formula is C25H43NO3. The number of carbonyl (C=O) groups is 2. The Labute approximate surface area is 178 Å². The standard InChI is InChI=1S/C25H43NO3/c1-6-7-8-9-10-11-12-13-14-15-16-17-18-19-20-21-22(27)25(5,26)23(28)29-24(2,3)4/h7-8,10-11,13-14H,6,9,12,15-21,26H2,1-5H3/b8-7-,11-10-,14-13-. The molecule has 0 heterocycles. The Balaban J connectivity index is 3.79. The van der Waals surface area contributed by atoms with Gasteiger partial charge in [-0.3, -0.25) is 4.79 Å². The Morgan fingerprint density at radius 2 is 1.31 bits per heavy atom. The summed E-state index contributed by atoms with van der Waals surface area (Å²) < 4.78 is 5.25. The molecule has 0 bridgehead atoms. The number of nitrogens with two attached hydrogens (primary N) is 1. The molecule has 0 spiro atoms. The number of ketones is 1. The van der Waals surface area contributed by atoms with E-state index in [9.17, 15) is 9.59 Å². The monoisotopic (exact) mass is 405 g/mol. The van der Waals surface area contributed by atoms with Gasteiger partial charge < -0.3 is 10.5 Å². The highest BCUT2D eigenvalue weighted by Crippen LogP contribution is 2.16. The molecule has 166 valence electrons. The average molecular weight is 406 g/mol. The summed E-state index contributed by atoms with van der Waals surface area (Å²) in [5, 5.41) is 0. The van der Waals surface area contributed by atoms with Crippen molar-refractivity contribution in [1.82, 2.24) is 0 Å². The molecule has 0 amide bonds. The van der Waals surface area contributed by atoms with Crippen LogP contribution in [0.5, 0.6) is 0 Å². The van der Waals surface area contributed by atoms with Gasteiger partial charge in [0, 0.05) is 6.42 Å². The molecule has 0 aliphatic carbocycles. The fourth-order valence-electron chi connectivity index (χ4n) is 2.66. The molecule has 0 aliphatic heterocycles. The van der Waals surface area contributed by atoms with Crippen LogP contribution in [0.1, 0.15) is 98.8 Å². The minimum atomic E-state index is -1.56. The summed E-state index contributed by atoms with van der Waals surface area (Å²) in [6.07, 6.45) is 23.0. The number of unbranched alkanes of at least 4 members (excludes halogenated alkanes) is 5. The first-order valence-electron chi connectivity index (χ1n) is 11.1. The van der Waals surface area contributed by atoms with E-state index in [1.165, 1.54) is 13.3 Å². The maximum absolute atomic E-state index is 12.3. The average Bonchev–Trinajstić information content (AvgIpc) is 2.63. The number of allylic oxidation sites excluding steroid dienone is 6. The number of hydrogen-bond acceptors (Lipinski definition) is 4. The van der Waals surface area contributed by atoms with Crippen molar-refractivity contribution in [3.05, 3.63) is 36.5 Å². The summed E-state index contributed by atoms with van der Waals surface area (Å²) in [4.78, 5) is 24.4. The van der Waals surface area contributed by atoms with Crippen molar-refractivity contribution in [3.8, 4) is 0 Å². The smallest absolute Gasteiger partial charge is 0.334 e. The van der Waals surface area contributed by atoms with E-state index in [1.54, 1.807) is 20.8 Å². The molecular weight excluding hydrogens is 362 g/mol. The van der Waals surface area contributed by atoms with Gasteiger partial charge in [-0.1, -0.05) is 62.6 Å². The van der Waals surface area contributed by atoms with Gasteiger partial charge in [-0.2, -0.15) is 0 Å². The Bertz CT molecular complexity index is 551. The maximum atomic E-state index is 12.3. The number of rotatable bonds is 15. The summed E-state index contributed by atoms with van der Waals surface area (Å²) in [7, 11) is 0. The van der Waals surface area contributed by atoms with Gasteiger partial charge in [0.1, 0.15) is 5.60 Å². The molecule has 2 N–H and O–H groups in total. The van der Waals surface area contributed by atoms with E-state index >= 15 is 0 Å². The zero-order valence-corrected chi connectivity index (χ0v) is 19.3. The number of esters is 1. The zero-order valence-electron chi connectivity index (χ0n) is 19.3. The van der Waals surface area contributed by atoms with Crippen LogP contribution in [0, 0.1) is 0 Å². The van der Waals surface area contributed by atoms with Crippen LogP contribution in [-0.2, 0) is 14.3 Å². The number of Topliss-reactive ketones (excluding diaryl/α,β-unsaturated/α-hetero) is 1. The van der Waals surface area contributed by atoms with Crippen LogP contribution in [-0.4, -0.2) is 22.9 Å². The molecule has 0 aromatic rings. The number of hydrogen-bond donors (Lipinski definition) is 1. The highest BCUT2D eigenvalue weighted by molar-refractivity contribution is 6.07. The first-order valence-corrected chi connectivity index (χ1v) is 11.1. The first-order chi connectivity index (χ1) is 13.6. The molecule has 0 rings (SSSR count). The van der Waals surface area contributed by atoms with E-state index in [4.69, 9.17) is 10.5 Å². The Hall–Kier alpha value is -1.68. The van der Waals surface area contributed by atoms with Gasteiger partial charge in [0.25, 0.3) is 0 Å². The Kier molecular flexibility index (Phi) is 14.3. The summed E-state index contributed by atoms with van der Waals surface area (Å²) in [5.74, 6) is -0.887. The zero-order chi connectivity index (χ0) is 22.2. The summed E-state index contributed by atoms with van der Waals surface area (Å²) in [5.41, 5.74) is 3.73. The highest BCUT2D eigenvalue weighted by Gasteiger charge is 2.39. The van der Waals surface area contributed by atoms with Gasteiger partial charge in [0.2, 0.25) is 0 Å². The van der Waals surface area contributed by atoms with Gasteiger partial charge >= 0.3 is 5.97 Å². The van der Waals surface area contributed by atoms with E-state index < -0.39 is 17.1 Å². The molecule has 29 heavy (non-hydrogen) atoms. The van der Waals surface area contributed by atoms with Crippen molar-refractivity contribution >= 4 is 11.8 Å². The summed E-state index contributed by atoms with van der Waals surface area (Å²) >= 11 is 0. The summed E-state index contributed by atoms with van der Waals surface area (Å²) in [6, 6.07) is 0. The normalized spacial score (nSPS) is 14.7. The van der Waals surface area contributed by atoms with Crippen LogP contribution in [0.2, 0.25) is 0 Å². The molecule has 0 fully saturated rings. The topological polar surface area (TPSA) is 69.4 Å². The van der Waals surface area contributed by atoms with Crippen molar-refractivity contribution in [2.24, 2.45) is 5.73 Å². The third-order valence-electron chi connectivity index (χ3n) is 4.46. The van der Waals surface area contributed by atoms with E-state index in [0.29, 0.717) is 6.42 Å². The maximum Gasteiger partial charge on any atom is 0.334 e. The van der Waals surface area contributed by atoms with Crippen LogP contribution >= 0.6 is 0 Å². The minimum Gasteiger partial charge on any atom is -0.458 e. The molecule has 0 aliphatic rings. The van der Waals surface area contributed by atoms with Gasteiger partial charge in [-0.25, -0.2) is 4.79 Å². The second-order valence-electron chi connectivity index (χ2n) is 8.73. The van der Waals surface area contributed by atoms with Gasteiger partial charge in [-0.15, -0.1) is 0 Å². The van der Waals surface area contributed by atoms with Crippen molar-refractivity contribution in [2.45, 2.75) is 110 Å². The summed E-state index contributed by atoms with van der Waals surface area (Å²) in [6.45, 7) is 8.90. The third-order valence-corrected chi connectivity index (χ3v) is 4.46. The second-order valence-corrected chi connectivity index (χ2v) is 8.73. The van der Waals surface area contributed by atoms with Crippen LogP contribution in [0.25, 0.3) is 0 Å². The molecule has 1 atom stereocenters. The van der Waals surface area contributed by atoms with Crippen molar-refractivity contribution in [2.75, 3.05) is 0 Å². The van der Waals surface area contributed by atoms with Gasteiger partial charge in [-0.05, 0) is 66.2 Å². The SMILES string of the molecule is CC/C=C\C/C=C\C/C=C\CCCCCCCC(=O)C(C)(N)C(=O)OC(C)(C)C. The fourth-order valence-corrected chi connectivity index (χ4v) is 2.66. The predicted molar refractivity (Wildman–Crippen MR) is 123 cm³/mol. The second kappa shape index (κ2) is 15.2. The first kappa shape index (κ1) is 27.3. The minimum absolute atomic E-state index is 0.243. The molecule has 0 aromatic carbocycles. The largest absolute Gasteiger partial charge is 0.458 e. The third kappa shape index (κ3) is 14.9. The molecule has 0 radical (unpaired) electrons. The van der Waals surface area contributed by atoms with E-state index in [0.717, 1.165) is 51.4 Å². The van der Waals surface area contributed by atoms with Gasteiger partial charge in [0.05, 0.1) is 0 Å². The quantitative estimate of drug-likeness (QED) is 0.152. The lowest BCUT2D eigenvalue weighted by molar-refractivity contribution is -0.163. The lowest BCUT2D eigenvalue weighted by Crippen LogP contribution is -2.54. The Morgan fingerprint density at radius 3 is 1.90 bits per heavy atom.